The quantitative estimate of drug-likeness (QED) is 0.250. The normalized spacial score (nSPS) is 14.1. The predicted molar refractivity (Wildman–Crippen MR) is 88.0 cm³/mol. The van der Waals surface area contributed by atoms with Crippen LogP contribution in [0.2, 0.25) is 0 Å². The maximum atomic E-state index is 13.2. The van der Waals surface area contributed by atoms with Gasteiger partial charge in [-0.05, 0) is 18.2 Å². The van der Waals surface area contributed by atoms with Crippen LogP contribution in [0.4, 0.5) is 26.3 Å². The topological polar surface area (TPSA) is 55.7 Å². The van der Waals surface area contributed by atoms with E-state index in [1.54, 1.807) is 24.3 Å². The van der Waals surface area contributed by atoms with Crippen molar-refractivity contribution in [3.05, 3.63) is 48.0 Å². The lowest BCUT2D eigenvalue weighted by molar-refractivity contribution is -0.0633. The maximum absolute atomic E-state index is 13.2. The van der Waals surface area contributed by atoms with Gasteiger partial charge >= 0.3 is 21.8 Å². The van der Waals surface area contributed by atoms with Crippen LogP contribution in [-0.4, -0.2) is 25.8 Å². The van der Waals surface area contributed by atoms with E-state index in [9.17, 15) is 34.8 Å². The molecule has 27 heavy (non-hydrogen) atoms. The maximum Gasteiger partial charge on any atom is 0.536 e. The van der Waals surface area contributed by atoms with Gasteiger partial charge in [0.25, 0.3) is 0 Å². The van der Waals surface area contributed by atoms with Crippen molar-refractivity contribution in [3.63, 3.8) is 0 Å². The van der Waals surface area contributed by atoms with Crippen molar-refractivity contribution in [3.8, 4) is 0 Å². The first-order valence-electron chi connectivity index (χ1n) is 6.97. The van der Waals surface area contributed by atoms with Crippen LogP contribution in [-0.2, 0) is 14.4 Å². The van der Waals surface area contributed by atoms with E-state index in [1.807, 2.05) is 0 Å². The van der Waals surface area contributed by atoms with Crippen molar-refractivity contribution in [1.29, 1.82) is 0 Å². The second-order valence-electron chi connectivity index (χ2n) is 5.22. The molecule has 0 unspecified atom stereocenters. The third kappa shape index (κ3) is 3.72. The number of thiophene rings is 1. The molecule has 3 aromatic rings. The molecular formula is C15H7F6NO3S2. The molecule has 1 heterocycles. The number of benzene rings is 2. The number of nitrogens with zero attached hydrogens (tertiary/aromatic N) is 1. The summed E-state index contributed by atoms with van der Waals surface area (Å²) in [5.74, 6) is 0. The van der Waals surface area contributed by atoms with E-state index >= 15 is 0 Å². The molecule has 12 heteroatoms. The van der Waals surface area contributed by atoms with E-state index in [-0.39, 0.29) is 0 Å². The fraction of sp³-hybridized carbons (Fsp3) is 0.133. The van der Waals surface area contributed by atoms with Crippen LogP contribution >= 0.6 is 11.3 Å². The number of hydrogen-bond acceptors (Lipinski definition) is 5. The molecule has 0 aliphatic heterocycles. The summed E-state index contributed by atoms with van der Waals surface area (Å²) in [5.41, 5.74) is -8.43. The van der Waals surface area contributed by atoms with Crippen molar-refractivity contribution in [2.75, 3.05) is 0 Å². The smallest absolute Gasteiger partial charge is 0.261 e. The van der Waals surface area contributed by atoms with E-state index in [0.29, 0.717) is 15.5 Å². The van der Waals surface area contributed by atoms with Crippen LogP contribution in [0, 0.1) is 0 Å². The number of oxime groups is 1. The van der Waals surface area contributed by atoms with Gasteiger partial charge in [0.15, 0.2) is 5.71 Å². The standard InChI is InChI=1S/C15H7F6NO3S2/c16-14(17,18)13(22-25-27(23,24)15(19,20)21)8-5-6-12-10(7-8)9-3-1-2-4-11(9)26-12/h1-7H/b22-13-. The first-order chi connectivity index (χ1) is 12.4. The molecule has 0 bridgehead atoms. The van der Waals surface area contributed by atoms with Gasteiger partial charge in [0.1, 0.15) is 0 Å². The Kier molecular flexibility index (Phi) is 4.58. The van der Waals surface area contributed by atoms with Crippen LogP contribution in [0.3, 0.4) is 0 Å². The second-order valence-corrected chi connectivity index (χ2v) is 7.83. The summed E-state index contributed by atoms with van der Waals surface area (Å²) in [7, 11) is -6.31. The highest BCUT2D eigenvalue weighted by Gasteiger charge is 2.49. The van der Waals surface area contributed by atoms with Crippen molar-refractivity contribution < 1.29 is 39.0 Å². The minimum absolute atomic E-state index is 0.420. The summed E-state index contributed by atoms with van der Waals surface area (Å²) in [6.45, 7) is 0. The van der Waals surface area contributed by atoms with Crippen molar-refractivity contribution >= 4 is 47.3 Å². The molecule has 0 atom stereocenters. The molecule has 0 aliphatic rings. The summed E-state index contributed by atoms with van der Waals surface area (Å²) in [6.07, 6.45) is -5.25. The lowest BCUT2D eigenvalue weighted by Gasteiger charge is -2.11. The average molecular weight is 427 g/mol. The molecule has 144 valence electrons. The molecule has 0 aliphatic carbocycles. The first kappa shape index (κ1) is 19.4. The molecule has 0 fully saturated rings. The monoisotopic (exact) mass is 427 g/mol. The van der Waals surface area contributed by atoms with E-state index < -0.39 is 33.1 Å². The van der Waals surface area contributed by atoms with Gasteiger partial charge in [-0.1, -0.05) is 29.4 Å². The zero-order valence-electron chi connectivity index (χ0n) is 12.8. The molecule has 1 aromatic heterocycles. The molecule has 4 nitrogen and oxygen atoms in total. The van der Waals surface area contributed by atoms with Gasteiger partial charge < -0.3 is 0 Å². The highest BCUT2D eigenvalue weighted by Crippen LogP contribution is 2.35. The predicted octanol–water partition coefficient (Wildman–Crippen LogP) is 5.19. The fourth-order valence-corrected chi connectivity index (χ4v) is 3.61. The summed E-state index contributed by atoms with van der Waals surface area (Å²) in [5, 5.41) is 3.33. The molecular weight excluding hydrogens is 420 g/mol. The second kappa shape index (κ2) is 6.37. The Morgan fingerprint density at radius 2 is 1.56 bits per heavy atom. The first-order valence-corrected chi connectivity index (χ1v) is 9.19. The SMILES string of the molecule is O=S(=O)(O/N=C(/c1ccc2sc3ccccc3c2c1)C(F)(F)F)C(F)(F)F. The Labute approximate surface area is 151 Å². The summed E-state index contributed by atoms with van der Waals surface area (Å²) >= 11 is 1.31. The molecule has 0 spiro atoms. The van der Waals surface area contributed by atoms with Crippen LogP contribution in [0.1, 0.15) is 5.56 Å². The Morgan fingerprint density at radius 1 is 0.926 bits per heavy atom. The van der Waals surface area contributed by atoms with Crippen molar-refractivity contribution in [2.45, 2.75) is 11.7 Å². The zero-order chi connectivity index (χ0) is 20.0. The van der Waals surface area contributed by atoms with E-state index in [1.165, 1.54) is 17.4 Å². The highest BCUT2D eigenvalue weighted by molar-refractivity contribution is 7.87. The van der Waals surface area contributed by atoms with E-state index in [4.69, 9.17) is 0 Å². The summed E-state index contributed by atoms with van der Waals surface area (Å²) in [6, 6.07) is 10.3. The number of alkyl halides is 6. The number of rotatable bonds is 3. The molecule has 0 amide bonds. The number of halogens is 6. The lowest BCUT2D eigenvalue weighted by atomic mass is 10.1. The number of fused-ring (bicyclic) bond motifs is 3. The summed E-state index contributed by atoms with van der Waals surface area (Å²) in [4.78, 5) is 0. The largest absolute Gasteiger partial charge is 0.536 e. The zero-order valence-corrected chi connectivity index (χ0v) is 14.4. The minimum atomic E-state index is -6.31. The molecule has 0 radical (unpaired) electrons. The van der Waals surface area contributed by atoms with Crippen LogP contribution in [0.15, 0.2) is 47.6 Å². The average Bonchev–Trinajstić information content (AvgIpc) is 2.90. The van der Waals surface area contributed by atoms with Crippen LogP contribution < -0.4 is 0 Å². The van der Waals surface area contributed by atoms with Crippen molar-refractivity contribution in [1.82, 2.24) is 0 Å². The fourth-order valence-electron chi connectivity index (χ4n) is 2.27. The number of hydrogen-bond donors (Lipinski definition) is 0. The van der Waals surface area contributed by atoms with E-state index in [0.717, 1.165) is 16.8 Å². The third-order valence-electron chi connectivity index (χ3n) is 3.43. The molecule has 0 saturated heterocycles. The van der Waals surface area contributed by atoms with Gasteiger partial charge in [0.2, 0.25) is 0 Å². The Morgan fingerprint density at radius 3 is 2.19 bits per heavy atom. The molecule has 0 N–H and O–H groups in total. The Hall–Kier alpha value is -2.34. The van der Waals surface area contributed by atoms with Gasteiger partial charge in [0.05, 0.1) is 0 Å². The van der Waals surface area contributed by atoms with Gasteiger partial charge in [0, 0.05) is 25.7 Å². The van der Waals surface area contributed by atoms with Crippen molar-refractivity contribution in [2.24, 2.45) is 5.16 Å². The Balaban J connectivity index is 2.13. The third-order valence-corrected chi connectivity index (χ3v) is 5.42. The van der Waals surface area contributed by atoms with Gasteiger partial charge in [-0.2, -0.15) is 34.8 Å². The Bertz CT molecular complexity index is 1150. The molecule has 2 aromatic carbocycles. The lowest BCUT2D eigenvalue weighted by Crippen LogP contribution is -2.28. The van der Waals surface area contributed by atoms with Crippen LogP contribution in [0.25, 0.3) is 20.2 Å². The van der Waals surface area contributed by atoms with E-state index in [2.05, 4.69) is 9.44 Å². The molecule has 0 saturated carbocycles. The highest BCUT2D eigenvalue weighted by atomic mass is 32.2. The van der Waals surface area contributed by atoms with Gasteiger partial charge in [-0.3, -0.25) is 4.28 Å². The summed E-state index contributed by atoms with van der Waals surface area (Å²) < 4.78 is 103. The molecule has 3 rings (SSSR count). The van der Waals surface area contributed by atoms with Gasteiger partial charge in [-0.15, -0.1) is 11.3 Å². The van der Waals surface area contributed by atoms with Gasteiger partial charge in [-0.25, -0.2) is 0 Å². The minimum Gasteiger partial charge on any atom is -0.261 e. The van der Waals surface area contributed by atoms with Crippen LogP contribution in [0.5, 0.6) is 0 Å².